The van der Waals surface area contributed by atoms with Gasteiger partial charge in [0.15, 0.2) is 6.04 Å². The maximum Gasteiger partial charge on any atom is 0.322 e. The second-order valence-corrected chi connectivity index (χ2v) is 6.51. The molecule has 0 saturated carbocycles. The van der Waals surface area contributed by atoms with Crippen LogP contribution in [0.1, 0.15) is 11.8 Å². The molecule has 3 rings (SSSR count). The fraction of sp³-hybridized carbons (Fsp3) is 0.333. The molecule has 2 heterocycles. The number of likely N-dealkylation sites (N-methyl/N-ethyl adjacent to an activating group) is 1. The van der Waals surface area contributed by atoms with E-state index in [9.17, 15) is 9.59 Å². The Hall–Kier alpha value is -2.03. The lowest BCUT2D eigenvalue weighted by atomic mass is 10.2. The molecule has 0 aliphatic carbocycles. The summed E-state index contributed by atoms with van der Waals surface area (Å²) in [5.74, 6) is 0.0417. The van der Waals surface area contributed by atoms with Crippen molar-refractivity contribution >= 4 is 34.9 Å². The Bertz CT molecular complexity index is 743. The predicted octanol–water partition coefficient (Wildman–Crippen LogP) is 1.47. The topological polar surface area (TPSA) is 86.6 Å². The first-order valence-corrected chi connectivity index (χ1v) is 8.04. The molecule has 0 spiro atoms. The number of benzene rings is 1. The van der Waals surface area contributed by atoms with Crippen LogP contribution in [0.2, 0.25) is 0 Å². The van der Waals surface area contributed by atoms with Gasteiger partial charge in [-0.3, -0.25) is 14.8 Å². The predicted molar refractivity (Wildman–Crippen MR) is 88.0 cm³/mol. The van der Waals surface area contributed by atoms with Crippen LogP contribution in [0.15, 0.2) is 33.6 Å². The molecule has 1 unspecified atom stereocenters. The molecule has 3 N–H and O–H groups in total. The number of nitrogens with one attached hydrogen (secondary N) is 3. The minimum Gasteiger partial charge on any atom is -0.458 e. The number of carbonyl (C=O) groups is 2. The third kappa shape index (κ3) is 3.66. The molecule has 3 amide bonds. The van der Waals surface area contributed by atoms with Gasteiger partial charge in [-0.1, -0.05) is 0 Å². The Kier molecular flexibility index (Phi) is 4.56. The van der Waals surface area contributed by atoms with Crippen LogP contribution in [0.25, 0.3) is 11.0 Å². The minimum atomic E-state index is -0.760. The molecule has 1 aromatic carbocycles. The standard InChI is InChI=1S/C15H18N4O3S/c1-19(2)6-5-16-23-10-3-4-11-9(7-10)8-12(22-11)13-14(20)18-15(21)17-13/h3-4,7-8,13,16H,5-6H2,1-2H3,(H2,17,18,20,21). The molecule has 23 heavy (non-hydrogen) atoms. The maximum absolute atomic E-state index is 11.7. The zero-order valence-corrected chi connectivity index (χ0v) is 13.7. The van der Waals surface area contributed by atoms with Crippen LogP contribution in [-0.4, -0.2) is 44.0 Å². The van der Waals surface area contributed by atoms with Gasteiger partial charge >= 0.3 is 6.03 Å². The van der Waals surface area contributed by atoms with Gasteiger partial charge in [-0.2, -0.15) is 0 Å². The largest absolute Gasteiger partial charge is 0.458 e. The van der Waals surface area contributed by atoms with Crippen LogP contribution in [0.4, 0.5) is 4.79 Å². The van der Waals surface area contributed by atoms with E-state index in [-0.39, 0.29) is 0 Å². The summed E-state index contributed by atoms with van der Waals surface area (Å²) in [7, 11) is 4.06. The van der Waals surface area contributed by atoms with Crippen LogP contribution in [-0.2, 0) is 4.79 Å². The van der Waals surface area contributed by atoms with Crippen molar-refractivity contribution in [2.45, 2.75) is 10.9 Å². The van der Waals surface area contributed by atoms with E-state index in [1.165, 1.54) is 0 Å². The number of carbonyl (C=O) groups excluding carboxylic acids is 2. The maximum atomic E-state index is 11.7. The van der Waals surface area contributed by atoms with Gasteiger partial charge in [0.1, 0.15) is 11.3 Å². The highest BCUT2D eigenvalue weighted by Crippen LogP contribution is 2.28. The van der Waals surface area contributed by atoms with Crippen molar-refractivity contribution in [1.82, 2.24) is 20.3 Å². The van der Waals surface area contributed by atoms with Gasteiger partial charge < -0.3 is 14.6 Å². The Balaban J connectivity index is 1.71. The van der Waals surface area contributed by atoms with Crippen molar-refractivity contribution in [3.05, 3.63) is 30.0 Å². The van der Waals surface area contributed by atoms with Gasteiger partial charge in [-0.05, 0) is 50.3 Å². The number of furan rings is 1. The van der Waals surface area contributed by atoms with Gasteiger partial charge in [0, 0.05) is 23.4 Å². The summed E-state index contributed by atoms with van der Waals surface area (Å²) in [4.78, 5) is 26.1. The van der Waals surface area contributed by atoms with Crippen LogP contribution in [0, 0.1) is 0 Å². The van der Waals surface area contributed by atoms with Crippen molar-refractivity contribution in [3.8, 4) is 0 Å². The number of urea groups is 1. The molecular formula is C15H18N4O3S. The van der Waals surface area contributed by atoms with E-state index in [1.54, 1.807) is 18.0 Å². The Morgan fingerprint density at radius 1 is 1.30 bits per heavy atom. The molecule has 1 saturated heterocycles. The van der Waals surface area contributed by atoms with Gasteiger partial charge in [-0.15, -0.1) is 0 Å². The quantitative estimate of drug-likeness (QED) is 0.421. The van der Waals surface area contributed by atoms with Gasteiger partial charge in [0.05, 0.1) is 0 Å². The van der Waals surface area contributed by atoms with E-state index in [2.05, 4.69) is 20.3 Å². The van der Waals surface area contributed by atoms with E-state index in [0.717, 1.165) is 23.4 Å². The number of amides is 3. The molecule has 122 valence electrons. The molecule has 0 radical (unpaired) electrons. The molecule has 1 fully saturated rings. The first-order chi connectivity index (χ1) is 11.0. The molecular weight excluding hydrogens is 316 g/mol. The van der Waals surface area contributed by atoms with E-state index in [1.807, 2.05) is 32.3 Å². The highest BCUT2D eigenvalue weighted by molar-refractivity contribution is 7.97. The number of fused-ring (bicyclic) bond motifs is 1. The normalized spacial score (nSPS) is 17.8. The summed E-state index contributed by atoms with van der Waals surface area (Å²) in [5.41, 5.74) is 0.687. The summed E-state index contributed by atoms with van der Waals surface area (Å²) >= 11 is 1.55. The molecule has 1 aliphatic heterocycles. The average molecular weight is 334 g/mol. The lowest BCUT2D eigenvalue weighted by Gasteiger charge is -2.09. The van der Waals surface area contributed by atoms with E-state index < -0.39 is 18.0 Å². The summed E-state index contributed by atoms with van der Waals surface area (Å²) in [6.45, 7) is 1.84. The van der Waals surface area contributed by atoms with Crippen molar-refractivity contribution < 1.29 is 14.0 Å². The van der Waals surface area contributed by atoms with E-state index in [4.69, 9.17) is 4.42 Å². The zero-order valence-electron chi connectivity index (χ0n) is 12.9. The van der Waals surface area contributed by atoms with Gasteiger partial charge in [0.25, 0.3) is 5.91 Å². The summed E-state index contributed by atoms with van der Waals surface area (Å²) < 4.78 is 8.97. The Morgan fingerprint density at radius 3 is 2.83 bits per heavy atom. The van der Waals surface area contributed by atoms with Crippen molar-refractivity contribution in [2.24, 2.45) is 0 Å². The molecule has 1 atom stereocenters. The lowest BCUT2D eigenvalue weighted by Crippen LogP contribution is -2.22. The third-order valence-electron chi connectivity index (χ3n) is 3.42. The van der Waals surface area contributed by atoms with E-state index >= 15 is 0 Å². The second-order valence-electron chi connectivity index (χ2n) is 5.54. The van der Waals surface area contributed by atoms with Crippen LogP contribution in [0.5, 0.6) is 0 Å². The number of hydrogen-bond donors (Lipinski definition) is 3. The molecule has 1 aromatic heterocycles. The van der Waals surface area contributed by atoms with E-state index in [0.29, 0.717) is 11.3 Å². The summed E-state index contributed by atoms with van der Waals surface area (Å²) in [6, 6.07) is 6.34. The fourth-order valence-corrected chi connectivity index (χ4v) is 2.95. The number of imide groups is 1. The number of hydrogen-bond acceptors (Lipinski definition) is 6. The average Bonchev–Trinajstić information content (AvgIpc) is 3.05. The fourth-order valence-electron chi connectivity index (χ4n) is 2.27. The second kappa shape index (κ2) is 6.61. The lowest BCUT2D eigenvalue weighted by molar-refractivity contribution is -0.120. The van der Waals surface area contributed by atoms with Crippen molar-refractivity contribution in [3.63, 3.8) is 0 Å². The molecule has 2 aromatic rings. The van der Waals surface area contributed by atoms with Gasteiger partial charge in [-0.25, -0.2) is 4.79 Å². The first-order valence-electron chi connectivity index (χ1n) is 7.22. The minimum absolute atomic E-state index is 0.394. The Labute approximate surface area is 137 Å². The summed E-state index contributed by atoms with van der Waals surface area (Å²) in [6.07, 6.45) is 0. The Morgan fingerprint density at radius 2 is 2.13 bits per heavy atom. The highest BCUT2D eigenvalue weighted by Gasteiger charge is 2.33. The highest BCUT2D eigenvalue weighted by atomic mass is 32.2. The monoisotopic (exact) mass is 334 g/mol. The van der Waals surface area contributed by atoms with Crippen LogP contribution >= 0.6 is 11.9 Å². The van der Waals surface area contributed by atoms with Crippen molar-refractivity contribution in [2.75, 3.05) is 27.2 Å². The molecule has 0 bridgehead atoms. The number of rotatable bonds is 6. The van der Waals surface area contributed by atoms with Crippen LogP contribution < -0.4 is 15.4 Å². The molecule has 1 aliphatic rings. The third-order valence-corrected chi connectivity index (χ3v) is 4.25. The summed E-state index contributed by atoms with van der Waals surface area (Å²) in [5, 5.41) is 5.63. The molecule has 8 heteroatoms. The zero-order chi connectivity index (χ0) is 16.4. The van der Waals surface area contributed by atoms with Crippen LogP contribution in [0.3, 0.4) is 0 Å². The number of nitrogens with zero attached hydrogens (tertiary/aromatic N) is 1. The molecule has 7 nitrogen and oxygen atoms in total. The first kappa shape index (κ1) is 15.9. The smallest absolute Gasteiger partial charge is 0.322 e. The SMILES string of the molecule is CN(C)CCNSc1ccc2oc(C3NC(=O)NC3=O)cc2c1. The van der Waals surface area contributed by atoms with Gasteiger partial charge in [0.2, 0.25) is 0 Å². The van der Waals surface area contributed by atoms with Crippen molar-refractivity contribution in [1.29, 1.82) is 0 Å².